The topological polar surface area (TPSA) is 142 Å². The third kappa shape index (κ3) is 14.6. The largest absolute Gasteiger partial charge is 0.414 e. The standard InChI is InChI=1S/C51H90N2O8S3Si3/c1-18-53(43-34-37(2)63(55,56)48-42(43)35-47(62-48)64(52,57)58)46(54)29-25-20-19-24-28-40-41(33-32-39(59-65(12,13)49(3,4)5)31-30-38-26-22-21-23-27-38)45(61-67(16,17)51(9,10)11)36-44(40)60-66(14,15)50(6,7)8/h19,21-24,26-27,35,37,39-41,43-45H,18,20,25,28-34,36H2,1-17H3,(H2,52,57,58)/b24-19-/t37-,39+,40+,41+,43-,44?,45?/m0/s1. The minimum Gasteiger partial charge on any atom is -0.414 e. The van der Waals surface area contributed by atoms with E-state index in [4.69, 9.17) is 18.4 Å². The van der Waals surface area contributed by atoms with Crippen LogP contribution < -0.4 is 5.14 Å². The number of amides is 1. The molecule has 0 saturated heterocycles. The van der Waals surface area contributed by atoms with Crippen molar-refractivity contribution in [2.24, 2.45) is 17.0 Å². The van der Waals surface area contributed by atoms with Crippen molar-refractivity contribution in [3.63, 3.8) is 0 Å². The predicted octanol–water partition coefficient (Wildman–Crippen LogP) is 13.2. The molecule has 0 bridgehead atoms. The molecule has 1 amide bonds. The molecule has 2 unspecified atom stereocenters. The molecular formula is C51H90N2O8S3Si3. The van der Waals surface area contributed by atoms with Gasteiger partial charge in [-0.3, -0.25) is 4.79 Å². The third-order valence-electron chi connectivity index (χ3n) is 16.2. The maximum absolute atomic E-state index is 13.9. The van der Waals surface area contributed by atoms with Crippen molar-refractivity contribution in [1.29, 1.82) is 0 Å². The number of aryl methyl sites for hydroxylation is 1. The second kappa shape index (κ2) is 22.1. The first-order chi connectivity index (χ1) is 30.5. The van der Waals surface area contributed by atoms with Crippen LogP contribution in [0.2, 0.25) is 54.4 Å². The third-order valence-corrected chi connectivity index (χ3v) is 35.1. The molecule has 1 aliphatic carbocycles. The van der Waals surface area contributed by atoms with E-state index in [1.54, 1.807) is 11.8 Å². The van der Waals surface area contributed by atoms with Crippen LogP contribution in [-0.2, 0) is 44.4 Å². The lowest BCUT2D eigenvalue weighted by Gasteiger charge is -2.41. The van der Waals surface area contributed by atoms with Crippen molar-refractivity contribution in [2.45, 2.75) is 233 Å². The zero-order chi connectivity index (χ0) is 50.8. The molecule has 4 rings (SSSR count). The quantitative estimate of drug-likeness (QED) is 0.0740. The number of sulfone groups is 1. The number of unbranched alkanes of at least 4 members (excludes halogenated alkanes) is 1. The summed E-state index contributed by atoms with van der Waals surface area (Å²) in [5, 5.41) is 4.88. The first kappa shape index (κ1) is 58.1. The number of fused-ring (bicyclic) bond motifs is 1. The lowest BCUT2D eigenvalue weighted by molar-refractivity contribution is -0.133. The molecule has 7 atom stereocenters. The molecule has 1 aromatic heterocycles. The van der Waals surface area contributed by atoms with Crippen LogP contribution >= 0.6 is 11.3 Å². The Kier molecular flexibility index (Phi) is 19.2. The highest BCUT2D eigenvalue weighted by Gasteiger charge is 2.51. The Balaban J connectivity index is 1.59. The molecule has 67 heavy (non-hydrogen) atoms. The highest BCUT2D eigenvalue weighted by atomic mass is 32.3. The first-order valence-corrected chi connectivity index (χ1v) is 37.6. The molecule has 1 aromatic carbocycles. The fourth-order valence-corrected chi connectivity index (χ4v) is 17.5. The lowest BCUT2D eigenvalue weighted by Crippen LogP contribution is -2.45. The maximum atomic E-state index is 13.9. The summed E-state index contributed by atoms with van der Waals surface area (Å²) in [7, 11) is -14.2. The first-order valence-electron chi connectivity index (χ1n) is 25.0. The van der Waals surface area contributed by atoms with Gasteiger partial charge in [0.05, 0.1) is 23.5 Å². The van der Waals surface area contributed by atoms with Crippen LogP contribution in [0.25, 0.3) is 0 Å². The van der Waals surface area contributed by atoms with Gasteiger partial charge in [0.1, 0.15) is 8.42 Å². The van der Waals surface area contributed by atoms with Crippen molar-refractivity contribution in [3.05, 3.63) is 59.7 Å². The number of nitrogens with two attached hydrogens (primary N) is 1. The van der Waals surface area contributed by atoms with E-state index < -0.39 is 56.1 Å². The number of sulfonamides is 1. The molecule has 2 aromatic rings. The second-order valence-corrected chi connectivity index (χ2v) is 43.9. The zero-order valence-corrected chi connectivity index (χ0v) is 49.9. The SMILES string of the molecule is CCN(C(=O)CCC/C=C\C[C@H]1C(O[Si](C)(C)C(C)(C)C)CC(O[Si](C)(C)C(C)(C)C)[C@@H]1CC[C@@H](CCc1ccccc1)O[Si](C)(C)C(C)(C)C)[C@H]1C[C@H](C)S(=O)(=O)c2sc(S(N)(=O)=O)cc21. The molecule has 2 aliphatic rings. The summed E-state index contributed by atoms with van der Waals surface area (Å²) in [5.74, 6) is 0.466. The van der Waals surface area contributed by atoms with Crippen molar-refractivity contribution in [3.8, 4) is 0 Å². The van der Waals surface area contributed by atoms with Crippen LogP contribution in [0, 0.1) is 11.8 Å². The summed E-state index contributed by atoms with van der Waals surface area (Å²) >= 11 is 0.684. The molecule has 382 valence electrons. The molecule has 2 heterocycles. The van der Waals surface area contributed by atoms with Gasteiger partial charge >= 0.3 is 0 Å². The van der Waals surface area contributed by atoms with E-state index in [-0.39, 0.29) is 66.0 Å². The van der Waals surface area contributed by atoms with Gasteiger partial charge in [0, 0.05) is 24.6 Å². The Morgan fingerprint density at radius 3 is 1.93 bits per heavy atom. The fourth-order valence-electron chi connectivity index (χ4n) is 8.91. The molecule has 0 spiro atoms. The Bertz CT molecular complexity index is 2210. The van der Waals surface area contributed by atoms with Crippen LogP contribution in [-0.4, -0.2) is 82.7 Å². The number of nitrogens with zero attached hydrogens (tertiary/aromatic N) is 1. The van der Waals surface area contributed by atoms with E-state index in [0.717, 1.165) is 44.9 Å². The molecule has 16 heteroatoms. The van der Waals surface area contributed by atoms with Gasteiger partial charge in [0.15, 0.2) is 34.8 Å². The number of thiophene rings is 1. The van der Waals surface area contributed by atoms with E-state index in [1.807, 2.05) is 6.92 Å². The average molecular weight is 1040 g/mol. The smallest absolute Gasteiger partial charge is 0.247 e. The molecule has 1 aliphatic heterocycles. The number of carbonyl (C=O) groups is 1. The monoisotopic (exact) mass is 1040 g/mol. The van der Waals surface area contributed by atoms with Gasteiger partial charge in [-0.2, -0.15) is 0 Å². The predicted molar refractivity (Wildman–Crippen MR) is 286 cm³/mol. The van der Waals surface area contributed by atoms with Crippen LogP contribution in [0.5, 0.6) is 0 Å². The summed E-state index contributed by atoms with van der Waals surface area (Å²) in [6, 6.07) is 11.6. The number of primary sulfonamides is 1. The number of rotatable bonds is 21. The van der Waals surface area contributed by atoms with Gasteiger partial charge in [0.25, 0.3) is 0 Å². The number of hydrogen-bond donors (Lipinski definition) is 1. The van der Waals surface area contributed by atoms with Gasteiger partial charge in [-0.1, -0.05) is 105 Å². The van der Waals surface area contributed by atoms with E-state index in [2.05, 4.69) is 144 Å². The summed E-state index contributed by atoms with van der Waals surface area (Å²) in [6.45, 7) is 39.0. The van der Waals surface area contributed by atoms with Crippen LogP contribution in [0.1, 0.15) is 151 Å². The second-order valence-electron chi connectivity index (χ2n) is 24.2. The van der Waals surface area contributed by atoms with E-state index >= 15 is 0 Å². The van der Waals surface area contributed by atoms with Crippen molar-refractivity contribution in [2.75, 3.05) is 6.54 Å². The Labute approximate surface area is 415 Å². The lowest BCUT2D eigenvalue weighted by atomic mass is 9.85. The number of allylic oxidation sites excluding steroid dienone is 2. The van der Waals surface area contributed by atoms with Crippen LogP contribution in [0.4, 0.5) is 0 Å². The Hall–Kier alpha value is -1.48. The zero-order valence-electron chi connectivity index (χ0n) is 44.5. The van der Waals surface area contributed by atoms with E-state index in [0.29, 0.717) is 36.3 Å². The molecule has 10 nitrogen and oxygen atoms in total. The normalized spacial score (nSPS) is 23.7. The summed E-state index contributed by atoms with van der Waals surface area (Å²) in [5.41, 5.74) is 1.70. The number of carbonyl (C=O) groups excluding carboxylic acids is 1. The van der Waals surface area contributed by atoms with Gasteiger partial charge in [0.2, 0.25) is 15.9 Å². The fraction of sp³-hybridized carbons (Fsp3) is 0.745. The van der Waals surface area contributed by atoms with Crippen LogP contribution in [0.3, 0.4) is 0 Å². The van der Waals surface area contributed by atoms with Crippen molar-refractivity contribution >= 4 is 62.1 Å². The Morgan fingerprint density at radius 1 is 0.851 bits per heavy atom. The molecule has 1 saturated carbocycles. The maximum Gasteiger partial charge on any atom is 0.247 e. The van der Waals surface area contributed by atoms with Gasteiger partial charge in [-0.15, -0.1) is 11.3 Å². The molecular weight excluding hydrogens is 949 g/mol. The van der Waals surface area contributed by atoms with Gasteiger partial charge < -0.3 is 18.2 Å². The Morgan fingerprint density at radius 2 is 1.40 bits per heavy atom. The highest BCUT2D eigenvalue weighted by Crippen LogP contribution is 2.50. The molecule has 0 radical (unpaired) electrons. The van der Waals surface area contributed by atoms with Gasteiger partial charge in [-0.05, 0) is 149 Å². The molecule has 2 N–H and O–H groups in total. The average Bonchev–Trinajstić information content (AvgIpc) is 3.78. The number of hydrogen-bond acceptors (Lipinski definition) is 9. The highest BCUT2D eigenvalue weighted by molar-refractivity contribution is 7.95. The van der Waals surface area contributed by atoms with Gasteiger partial charge in [-0.25, -0.2) is 22.0 Å². The van der Waals surface area contributed by atoms with Crippen molar-refractivity contribution in [1.82, 2.24) is 4.90 Å². The minimum atomic E-state index is -4.11. The van der Waals surface area contributed by atoms with E-state index in [1.165, 1.54) is 11.6 Å². The van der Waals surface area contributed by atoms with Crippen molar-refractivity contribution < 1.29 is 34.9 Å². The minimum absolute atomic E-state index is 0.00158. The van der Waals surface area contributed by atoms with Crippen LogP contribution in [0.15, 0.2) is 57.0 Å². The molecule has 1 fully saturated rings. The van der Waals surface area contributed by atoms with E-state index in [9.17, 15) is 21.6 Å². The summed E-state index contributed by atoms with van der Waals surface area (Å²) in [6.07, 6.45) is 12.3. The summed E-state index contributed by atoms with van der Waals surface area (Å²) < 4.78 is 73.1. The number of benzene rings is 1. The summed E-state index contributed by atoms with van der Waals surface area (Å²) in [4.78, 5) is 15.6.